The summed E-state index contributed by atoms with van der Waals surface area (Å²) in [6.45, 7) is 6.85. The molecule has 19 heavy (non-hydrogen) atoms. The first-order valence-corrected chi connectivity index (χ1v) is 7.06. The van der Waals surface area contributed by atoms with Crippen LogP contribution in [-0.4, -0.2) is 18.5 Å². The summed E-state index contributed by atoms with van der Waals surface area (Å²) in [5.41, 5.74) is 8.13. The van der Waals surface area contributed by atoms with Crippen LogP contribution < -0.4 is 11.1 Å². The molecule has 3 N–H and O–H groups in total. The van der Waals surface area contributed by atoms with Crippen molar-refractivity contribution < 1.29 is 4.79 Å². The minimum Gasteiger partial charge on any atom is -0.352 e. The molecule has 3 nitrogen and oxygen atoms in total. The Morgan fingerprint density at radius 2 is 1.89 bits per heavy atom. The summed E-state index contributed by atoms with van der Waals surface area (Å²) < 4.78 is 0. The zero-order chi connectivity index (χ0) is 14.3. The highest BCUT2D eigenvalue weighted by Crippen LogP contribution is 2.07. The van der Waals surface area contributed by atoms with Crippen molar-refractivity contribution in [2.45, 2.75) is 46.1 Å². The van der Waals surface area contributed by atoms with E-state index in [4.69, 9.17) is 5.73 Å². The van der Waals surface area contributed by atoms with Crippen LogP contribution in [0.4, 0.5) is 0 Å². The number of nitrogens with two attached hydrogens (primary N) is 1. The molecule has 1 unspecified atom stereocenters. The Morgan fingerprint density at radius 3 is 2.42 bits per heavy atom. The number of aryl methyl sites for hydroxylation is 2. The summed E-state index contributed by atoms with van der Waals surface area (Å²) in [4.78, 5) is 11.9. The third-order valence-electron chi connectivity index (χ3n) is 3.17. The Morgan fingerprint density at radius 1 is 1.26 bits per heavy atom. The highest BCUT2D eigenvalue weighted by Gasteiger charge is 2.12. The molecule has 3 heteroatoms. The largest absolute Gasteiger partial charge is 0.352 e. The SMILES string of the molecule is Cc1ccc(CCC(=O)NC(CN)CC(C)C)cc1. The van der Waals surface area contributed by atoms with Gasteiger partial charge in [0, 0.05) is 19.0 Å². The quantitative estimate of drug-likeness (QED) is 0.793. The molecule has 0 spiro atoms. The number of nitrogens with one attached hydrogen (secondary N) is 1. The molecule has 0 aliphatic heterocycles. The van der Waals surface area contributed by atoms with Crippen molar-refractivity contribution in [3.63, 3.8) is 0 Å². The van der Waals surface area contributed by atoms with Crippen LogP contribution in [0.5, 0.6) is 0 Å². The Balaban J connectivity index is 2.36. The molecule has 0 saturated carbocycles. The summed E-state index contributed by atoms with van der Waals surface area (Å²) in [6, 6.07) is 8.42. The van der Waals surface area contributed by atoms with Crippen LogP contribution in [0, 0.1) is 12.8 Å². The third kappa shape index (κ3) is 6.39. The van der Waals surface area contributed by atoms with E-state index in [1.54, 1.807) is 0 Å². The maximum absolute atomic E-state index is 11.9. The van der Waals surface area contributed by atoms with Crippen molar-refractivity contribution in [3.05, 3.63) is 35.4 Å². The molecule has 0 radical (unpaired) electrons. The van der Waals surface area contributed by atoms with Crippen molar-refractivity contribution in [2.24, 2.45) is 11.7 Å². The van der Waals surface area contributed by atoms with Crippen LogP contribution in [-0.2, 0) is 11.2 Å². The first-order chi connectivity index (χ1) is 9.01. The van der Waals surface area contributed by atoms with E-state index >= 15 is 0 Å². The van der Waals surface area contributed by atoms with Gasteiger partial charge in [-0.3, -0.25) is 4.79 Å². The Hall–Kier alpha value is -1.35. The average Bonchev–Trinajstić information content (AvgIpc) is 2.36. The molecule has 0 fully saturated rings. The molecule has 0 aliphatic carbocycles. The Labute approximate surface area is 116 Å². The average molecular weight is 262 g/mol. The van der Waals surface area contributed by atoms with Gasteiger partial charge in [0.1, 0.15) is 0 Å². The van der Waals surface area contributed by atoms with Crippen LogP contribution >= 0.6 is 0 Å². The van der Waals surface area contributed by atoms with Gasteiger partial charge in [-0.25, -0.2) is 0 Å². The van der Waals surface area contributed by atoms with Gasteiger partial charge < -0.3 is 11.1 Å². The molecule has 0 aliphatic rings. The molecule has 1 atom stereocenters. The standard InChI is InChI=1S/C16H26N2O/c1-12(2)10-15(11-17)18-16(19)9-8-14-6-4-13(3)5-7-14/h4-7,12,15H,8-11,17H2,1-3H3,(H,18,19). The lowest BCUT2D eigenvalue weighted by atomic mass is 10.0. The highest BCUT2D eigenvalue weighted by molar-refractivity contribution is 5.76. The van der Waals surface area contributed by atoms with Crippen molar-refractivity contribution in [1.82, 2.24) is 5.32 Å². The van der Waals surface area contributed by atoms with Gasteiger partial charge in [0.15, 0.2) is 0 Å². The van der Waals surface area contributed by atoms with Crippen LogP contribution in [0.25, 0.3) is 0 Å². The van der Waals surface area contributed by atoms with Gasteiger partial charge in [-0.2, -0.15) is 0 Å². The first kappa shape index (κ1) is 15.7. The van der Waals surface area contributed by atoms with Crippen molar-refractivity contribution in [2.75, 3.05) is 6.54 Å². The molecular weight excluding hydrogens is 236 g/mol. The topological polar surface area (TPSA) is 55.1 Å². The van der Waals surface area contributed by atoms with Gasteiger partial charge in [-0.1, -0.05) is 43.7 Å². The second kappa shape index (κ2) is 7.95. The van der Waals surface area contributed by atoms with Crippen molar-refractivity contribution in [3.8, 4) is 0 Å². The van der Waals surface area contributed by atoms with Gasteiger partial charge in [-0.05, 0) is 31.2 Å². The number of benzene rings is 1. The summed E-state index contributed by atoms with van der Waals surface area (Å²) in [7, 11) is 0. The number of carbonyl (C=O) groups excluding carboxylic acids is 1. The fourth-order valence-corrected chi connectivity index (χ4v) is 2.10. The van der Waals surface area contributed by atoms with E-state index in [2.05, 4.69) is 50.4 Å². The molecule has 106 valence electrons. The highest BCUT2D eigenvalue weighted by atomic mass is 16.1. The van der Waals surface area contributed by atoms with Crippen LogP contribution in [0.1, 0.15) is 37.8 Å². The number of rotatable bonds is 7. The van der Waals surface area contributed by atoms with Crippen LogP contribution in [0.3, 0.4) is 0 Å². The molecule has 0 heterocycles. The smallest absolute Gasteiger partial charge is 0.220 e. The van der Waals surface area contributed by atoms with Crippen LogP contribution in [0.2, 0.25) is 0 Å². The van der Waals surface area contributed by atoms with Gasteiger partial charge in [0.05, 0.1) is 0 Å². The first-order valence-electron chi connectivity index (χ1n) is 7.06. The predicted octanol–water partition coefficient (Wildman–Crippen LogP) is 2.42. The Kier molecular flexibility index (Phi) is 6.57. The lowest BCUT2D eigenvalue weighted by Gasteiger charge is -2.18. The van der Waals surface area contributed by atoms with E-state index in [9.17, 15) is 4.79 Å². The minimum absolute atomic E-state index is 0.0941. The summed E-state index contributed by atoms with van der Waals surface area (Å²) in [6.07, 6.45) is 2.25. The summed E-state index contributed by atoms with van der Waals surface area (Å²) in [5.74, 6) is 0.641. The van der Waals surface area contributed by atoms with Crippen molar-refractivity contribution >= 4 is 5.91 Å². The van der Waals surface area contributed by atoms with Gasteiger partial charge >= 0.3 is 0 Å². The molecule has 1 rings (SSSR count). The van der Waals surface area contributed by atoms with E-state index in [1.807, 2.05) is 0 Å². The normalized spacial score (nSPS) is 12.5. The lowest BCUT2D eigenvalue weighted by molar-refractivity contribution is -0.121. The van der Waals surface area contributed by atoms with Gasteiger partial charge in [0.2, 0.25) is 5.91 Å². The van der Waals surface area contributed by atoms with E-state index in [0.717, 1.165) is 12.8 Å². The van der Waals surface area contributed by atoms with Gasteiger partial charge in [-0.15, -0.1) is 0 Å². The fraction of sp³-hybridized carbons (Fsp3) is 0.562. The fourth-order valence-electron chi connectivity index (χ4n) is 2.10. The predicted molar refractivity (Wildman–Crippen MR) is 79.9 cm³/mol. The summed E-state index contributed by atoms with van der Waals surface area (Å²) in [5, 5.41) is 3.02. The number of hydrogen-bond donors (Lipinski definition) is 2. The van der Waals surface area contributed by atoms with E-state index in [-0.39, 0.29) is 11.9 Å². The maximum Gasteiger partial charge on any atom is 0.220 e. The zero-order valence-electron chi connectivity index (χ0n) is 12.3. The molecular formula is C16H26N2O. The third-order valence-corrected chi connectivity index (χ3v) is 3.17. The maximum atomic E-state index is 11.9. The molecule has 1 aromatic rings. The van der Waals surface area contributed by atoms with E-state index in [0.29, 0.717) is 18.9 Å². The van der Waals surface area contributed by atoms with E-state index in [1.165, 1.54) is 11.1 Å². The zero-order valence-corrected chi connectivity index (χ0v) is 12.3. The Bertz CT molecular complexity index is 384. The lowest BCUT2D eigenvalue weighted by Crippen LogP contribution is -2.41. The molecule has 0 bridgehead atoms. The van der Waals surface area contributed by atoms with Crippen molar-refractivity contribution in [1.29, 1.82) is 0 Å². The molecule has 0 aromatic heterocycles. The molecule has 1 aromatic carbocycles. The second-order valence-electron chi connectivity index (χ2n) is 5.62. The number of hydrogen-bond acceptors (Lipinski definition) is 2. The minimum atomic E-state index is 0.0941. The number of amides is 1. The monoisotopic (exact) mass is 262 g/mol. The number of carbonyl (C=O) groups is 1. The van der Waals surface area contributed by atoms with Crippen LogP contribution in [0.15, 0.2) is 24.3 Å². The molecule has 0 saturated heterocycles. The summed E-state index contributed by atoms with van der Waals surface area (Å²) >= 11 is 0. The van der Waals surface area contributed by atoms with Gasteiger partial charge in [0.25, 0.3) is 0 Å². The molecule has 1 amide bonds. The van der Waals surface area contributed by atoms with E-state index < -0.39 is 0 Å². The second-order valence-corrected chi connectivity index (χ2v) is 5.62.